The van der Waals surface area contributed by atoms with Gasteiger partial charge in [-0.3, -0.25) is 0 Å². The summed E-state index contributed by atoms with van der Waals surface area (Å²) in [5.74, 6) is 0. The quantitative estimate of drug-likeness (QED) is 0.616. The Morgan fingerprint density at radius 2 is 2.00 bits per heavy atom. The Morgan fingerprint density at radius 1 is 1.45 bits per heavy atom. The Labute approximate surface area is 68.2 Å². The number of rotatable bonds is 3. The molecule has 0 aromatic rings. The molecule has 0 N–H and O–H groups in total. The summed E-state index contributed by atoms with van der Waals surface area (Å²) >= 11 is 0. The summed E-state index contributed by atoms with van der Waals surface area (Å²) in [4.78, 5) is 0. The van der Waals surface area contributed by atoms with Gasteiger partial charge in [0.2, 0.25) is 0 Å². The highest BCUT2D eigenvalue weighted by Gasteiger charge is 2.10. The smallest absolute Gasteiger partial charge is 0.0881 e. The molecule has 0 fully saturated rings. The first-order chi connectivity index (χ1) is 4.99. The Balaban J connectivity index is 3.70. The Kier molecular flexibility index (Phi) is 4.34. The average molecular weight is 160 g/mol. The lowest BCUT2D eigenvalue weighted by Crippen LogP contribution is -2.20. The van der Waals surface area contributed by atoms with E-state index in [0.29, 0.717) is 24.9 Å². The molecule has 0 unspecified atom stereocenters. The topological polar surface area (TPSA) is 9.23 Å². The summed E-state index contributed by atoms with van der Waals surface area (Å²) in [5, 5.41) is 0. The van der Waals surface area contributed by atoms with Crippen LogP contribution in [-0.2, 0) is 4.74 Å². The van der Waals surface area contributed by atoms with Crippen LogP contribution in [0.2, 0.25) is 0 Å². The van der Waals surface area contributed by atoms with Crippen LogP contribution in [0.5, 0.6) is 0 Å². The van der Waals surface area contributed by atoms with Crippen molar-refractivity contribution in [3.8, 4) is 0 Å². The second-order valence-electron chi connectivity index (χ2n) is 3.52. The zero-order valence-corrected chi connectivity index (χ0v) is 7.78. The van der Waals surface area contributed by atoms with Gasteiger partial charge in [-0.05, 0) is 32.8 Å². The maximum absolute atomic E-state index is 12.0. The van der Waals surface area contributed by atoms with E-state index >= 15 is 0 Å². The molecule has 0 aromatic heterocycles. The molecule has 0 amide bonds. The molecule has 0 heterocycles. The van der Waals surface area contributed by atoms with Crippen molar-refractivity contribution < 1.29 is 9.13 Å². The van der Waals surface area contributed by atoms with Crippen molar-refractivity contribution in [3.05, 3.63) is 11.9 Å². The molecule has 0 rings (SSSR count). The molecule has 66 valence electrons. The fourth-order valence-corrected chi connectivity index (χ4v) is 0.520. The lowest BCUT2D eigenvalue weighted by Gasteiger charge is -2.19. The van der Waals surface area contributed by atoms with E-state index in [1.54, 1.807) is 0 Å². The Morgan fingerprint density at radius 3 is 2.27 bits per heavy atom. The van der Waals surface area contributed by atoms with E-state index in [9.17, 15) is 4.39 Å². The first-order valence-electron chi connectivity index (χ1n) is 3.91. The lowest BCUT2D eigenvalue weighted by atomic mass is 10.2. The van der Waals surface area contributed by atoms with Gasteiger partial charge in [0.15, 0.2) is 0 Å². The molecule has 0 atom stereocenters. The highest BCUT2D eigenvalue weighted by Crippen LogP contribution is 2.10. The first-order valence-corrected chi connectivity index (χ1v) is 3.91. The fourth-order valence-electron chi connectivity index (χ4n) is 0.520. The zero-order chi connectivity index (χ0) is 8.91. The van der Waals surface area contributed by atoms with Crippen LogP contribution in [0.25, 0.3) is 0 Å². The second-order valence-corrected chi connectivity index (χ2v) is 3.52. The molecule has 1 nitrogen and oxygen atoms in total. The summed E-state index contributed by atoms with van der Waals surface area (Å²) in [6, 6.07) is 0. The van der Waals surface area contributed by atoms with E-state index in [0.717, 1.165) is 0 Å². The maximum Gasteiger partial charge on any atom is 0.0881 e. The minimum Gasteiger partial charge on any atom is -0.371 e. The number of hydrogen-bond donors (Lipinski definition) is 0. The van der Waals surface area contributed by atoms with Crippen LogP contribution in [0.4, 0.5) is 4.39 Å². The molecular weight excluding hydrogens is 143 g/mol. The Hall–Kier alpha value is -0.370. The summed E-state index contributed by atoms with van der Waals surface area (Å²) in [5.41, 5.74) is 0.531. The average Bonchev–Trinajstić information content (AvgIpc) is 1.88. The van der Waals surface area contributed by atoms with Gasteiger partial charge < -0.3 is 4.74 Å². The zero-order valence-electron chi connectivity index (χ0n) is 7.78. The van der Waals surface area contributed by atoms with Crippen LogP contribution in [0.3, 0.4) is 0 Å². The number of ether oxygens (including phenoxy) is 1. The molecular formula is C9H17FO. The molecule has 0 bridgehead atoms. The van der Waals surface area contributed by atoms with E-state index in [2.05, 4.69) is 0 Å². The molecule has 0 radical (unpaired) electrons. The molecule has 2 heteroatoms. The van der Waals surface area contributed by atoms with Crippen LogP contribution in [-0.4, -0.2) is 12.2 Å². The molecule has 0 spiro atoms. The molecule has 0 aromatic carbocycles. The van der Waals surface area contributed by atoms with Gasteiger partial charge in [0.25, 0.3) is 0 Å². The molecule has 0 saturated heterocycles. The highest BCUT2D eigenvalue weighted by molar-refractivity contribution is 4.96. The van der Waals surface area contributed by atoms with Gasteiger partial charge in [-0.25, -0.2) is 4.39 Å². The molecule has 0 aliphatic heterocycles. The predicted octanol–water partition coefficient (Wildman–Crippen LogP) is 3.06. The van der Waals surface area contributed by atoms with Gasteiger partial charge in [-0.1, -0.05) is 6.92 Å². The second kappa shape index (κ2) is 4.50. The van der Waals surface area contributed by atoms with Gasteiger partial charge in [-0.15, -0.1) is 0 Å². The monoisotopic (exact) mass is 160 g/mol. The van der Waals surface area contributed by atoms with Crippen LogP contribution in [0.1, 0.15) is 34.1 Å². The van der Waals surface area contributed by atoms with E-state index in [-0.39, 0.29) is 5.60 Å². The SMILES string of the molecule is CC/C(=C/F)COC(C)(C)C. The lowest BCUT2D eigenvalue weighted by molar-refractivity contribution is 0.00991. The summed E-state index contributed by atoms with van der Waals surface area (Å²) < 4.78 is 17.4. The first kappa shape index (κ1) is 10.6. The van der Waals surface area contributed by atoms with Crippen molar-refractivity contribution in [1.29, 1.82) is 0 Å². The fraction of sp³-hybridized carbons (Fsp3) is 0.778. The normalized spacial score (nSPS) is 13.7. The van der Waals surface area contributed by atoms with Gasteiger partial charge >= 0.3 is 0 Å². The predicted molar refractivity (Wildman–Crippen MR) is 45.2 cm³/mol. The van der Waals surface area contributed by atoms with Gasteiger partial charge in [0.1, 0.15) is 0 Å². The van der Waals surface area contributed by atoms with Gasteiger partial charge in [0.05, 0.1) is 18.5 Å². The minimum atomic E-state index is -0.177. The molecule has 0 saturated carbocycles. The summed E-state index contributed by atoms with van der Waals surface area (Å²) in [6.07, 6.45) is 1.35. The van der Waals surface area contributed by atoms with Crippen LogP contribution in [0.15, 0.2) is 11.9 Å². The third-order valence-corrected chi connectivity index (χ3v) is 1.30. The van der Waals surface area contributed by atoms with Crippen LogP contribution < -0.4 is 0 Å². The largest absolute Gasteiger partial charge is 0.371 e. The molecule has 11 heavy (non-hydrogen) atoms. The van der Waals surface area contributed by atoms with Gasteiger partial charge in [-0.2, -0.15) is 0 Å². The summed E-state index contributed by atoms with van der Waals surface area (Å²) in [6.45, 7) is 8.18. The third kappa shape index (κ3) is 6.05. The maximum atomic E-state index is 12.0. The summed E-state index contributed by atoms with van der Waals surface area (Å²) in [7, 11) is 0. The third-order valence-electron chi connectivity index (χ3n) is 1.30. The molecule has 0 aliphatic rings. The van der Waals surface area contributed by atoms with Crippen molar-refractivity contribution in [1.82, 2.24) is 0 Å². The molecule has 0 aliphatic carbocycles. The van der Waals surface area contributed by atoms with Crippen molar-refractivity contribution in [3.63, 3.8) is 0 Å². The van der Waals surface area contributed by atoms with Crippen LogP contribution in [0, 0.1) is 0 Å². The van der Waals surface area contributed by atoms with E-state index < -0.39 is 0 Å². The van der Waals surface area contributed by atoms with Crippen molar-refractivity contribution >= 4 is 0 Å². The standard InChI is InChI=1S/C9H17FO/c1-5-8(6-10)7-11-9(2,3)4/h6H,5,7H2,1-4H3/b8-6-. The number of hydrogen-bond acceptors (Lipinski definition) is 1. The number of halogens is 1. The van der Waals surface area contributed by atoms with E-state index in [1.165, 1.54) is 0 Å². The van der Waals surface area contributed by atoms with E-state index in [4.69, 9.17) is 4.74 Å². The van der Waals surface area contributed by atoms with Crippen molar-refractivity contribution in [2.75, 3.05) is 6.61 Å². The van der Waals surface area contributed by atoms with Crippen molar-refractivity contribution in [2.45, 2.75) is 39.7 Å². The van der Waals surface area contributed by atoms with Gasteiger partial charge in [0, 0.05) is 0 Å². The van der Waals surface area contributed by atoms with E-state index in [1.807, 2.05) is 27.7 Å². The Bertz CT molecular complexity index is 133. The minimum absolute atomic E-state index is 0.177. The van der Waals surface area contributed by atoms with Crippen molar-refractivity contribution in [2.24, 2.45) is 0 Å². The highest BCUT2D eigenvalue weighted by atomic mass is 19.1. The van der Waals surface area contributed by atoms with Crippen LogP contribution >= 0.6 is 0 Å².